The van der Waals surface area contributed by atoms with Crippen LogP contribution in [-0.2, 0) is 6.42 Å². The second-order valence-corrected chi connectivity index (χ2v) is 7.70. The van der Waals surface area contributed by atoms with Gasteiger partial charge in [-0.15, -0.1) is 10.2 Å². The molecule has 3 aromatic rings. The minimum absolute atomic E-state index is 0.105. The summed E-state index contributed by atoms with van der Waals surface area (Å²) in [5, 5.41) is 12.1. The summed E-state index contributed by atoms with van der Waals surface area (Å²) in [6.45, 7) is 1.97. The number of alkyl halides is 3. The molecule has 0 saturated carbocycles. The lowest BCUT2D eigenvalue weighted by Gasteiger charge is -2.30. The van der Waals surface area contributed by atoms with Crippen molar-refractivity contribution in [3.05, 3.63) is 42.1 Å². The van der Waals surface area contributed by atoms with Crippen LogP contribution in [0.1, 0.15) is 18.4 Å². The van der Waals surface area contributed by atoms with E-state index in [0.29, 0.717) is 28.5 Å². The van der Waals surface area contributed by atoms with Crippen LogP contribution in [-0.4, -0.2) is 59.0 Å². The third-order valence-corrected chi connectivity index (χ3v) is 5.38. The van der Waals surface area contributed by atoms with Crippen LogP contribution >= 0.6 is 0 Å². The lowest BCUT2D eigenvalue weighted by molar-refractivity contribution is -0.127. The first-order valence-electron chi connectivity index (χ1n) is 9.87. The van der Waals surface area contributed by atoms with Gasteiger partial charge in [-0.05, 0) is 62.3 Å². The molecule has 1 aromatic carbocycles. The van der Waals surface area contributed by atoms with Gasteiger partial charge < -0.3 is 15.0 Å². The second kappa shape index (κ2) is 8.14. The molecule has 160 valence electrons. The lowest BCUT2D eigenvalue weighted by atomic mass is 10.0. The summed E-state index contributed by atoms with van der Waals surface area (Å²) in [6, 6.07) is 8.59. The highest BCUT2D eigenvalue weighted by molar-refractivity contribution is 5.80. The molecule has 1 unspecified atom stereocenters. The van der Waals surface area contributed by atoms with Crippen molar-refractivity contribution in [1.82, 2.24) is 19.5 Å². The molecule has 1 saturated heterocycles. The van der Waals surface area contributed by atoms with Crippen molar-refractivity contribution in [1.29, 1.82) is 0 Å². The van der Waals surface area contributed by atoms with Crippen molar-refractivity contribution in [3.63, 3.8) is 0 Å². The van der Waals surface area contributed by atoms with Gasteiger partial charge in [-0.25, -0.2) is 0 Å². The lowest BCUT2D eigenvalue weighted by Crippen LogP contribution is -2.40. The van der Waals surface area contributed by atoms with Crippen molar-refractivity contribution < 1.29 is 17.9 Å². The van der Waals surface area contributed by atoms with Crippen LogP contribution in [0.15, 0.2) is 36.5 Å². The van der Waals surface area contributed by atoms with Gasteiger partial charge in [0.2, 0.25) is 5.95 Å². The van der Waals surface area contributed by atoms with Crippen LogP contribution < -0.4 is 10.1 Å². The monoisotopic (exact) mass is 419 g/mol. The van der Waals surface area contributed by atoms with Gasteiger partial charge in [0.05, 0.1) is 19.0 Å². The predicted octanol–water partition coefficient (Wildman–Crippen LogP) is 4.02. The number of likely N-dealkylation sites (N-methyl/N-ethyl adjacent to an activating group) is 1. The van der Waals surface area contributed by atoms with Gasteiger partial charge >= 0.3 is 6.18 Å². The summed E-state index contributed by atoms with van der Waals surface area (Å²) in [5.74, 6) is 0.960. The normalized spacial score (nSPS) is 18.0. The number of benzene rings is 1. The van der Waals surface area contributed by atoms with E-state index in [-0.39, 0.29) is 11.6 Å². The van der Waals surface area contributed by atoms with Crippen LogP contribution in [0.2, 0.25) is 0 Å². The number of aromatic nitrogens is 3. The number of hydrogen-bond acceptors (Lipinski definition) is 5. The molecule has 0 aliphatic carbocycles. The Labute approximate surface area is 172 Å². The van der Waals surface area contributed by atoms with E-state index in [2.05, 4.69) is 27.5 Å². The van der Waals surface area contributed by atoms with E-state index < -0.39 is 12.6 Å². The average molecular weight is 419 g/mol. The Morgan fingerprint density at radius 3 is 2.80 bits per heavy atom. The Bertz CT molecular complexity index is 1030. The molecule has 0 amide bonds. The van der Waals surface area contributed by atoms with E-state index in [1.807, 2.05) is 22.7 Å². The molecule has 0 spiro atoms. The summed E-state index contributed by atoms with van der Waals surface area (Å²) in [7, 11) is 3.51. The highest BCUT2D eigenvalue weighted by Gasteiger charge is 2.30. The summed E-state index contributed by atoms with van der Waals surface area (Å²) in [4.78, 5) is 2.26. The first kappa shape index (κ1) is 20.5. The molecule has 2 aromatic heterocycles. The molecule has 9 heteroatoms. The van der Waals surface area contributed by atoms with Crippen LogP contribution in [0.5, 0.6) is 5.75 Å². The van der Waals surface area contributed by atoms with E-state index >= 15 is 0 Å². The number of hydrogen-bond donors (Lipinski definition) is 1. The van der Waals surface area contributed by atoms with E-state index in [1.165, 1.54) is 13.2 Å². The van der Waals surface area contributed by atoms with Gasteiger partial charge in [0.1, 0.15) is 11.4 Å². The standard InChI is InChI=1S/C21H24F3N5O/c1-28-9-3-5-15(13-28)25-20-27-26-19(18-6-4-10-29(18)20)17-8-7-16(30-2)11-14(17)12-21(22,23)24/h4,6-8,10-11,15H,3,5,9,12-13H2,1-2H3,(H,25,27). The van der Waals surface area contributed by atoms with Crippen LogP contribution in [0, 0.1) is 0 Å². The minimum atomic E-state index is -4.35. The molecule has 1 atom stereocenters. The quantitative estimate of drug-likeness (QED) is 0.677. The Hall–Kier alpha value is -2.81. The third kappa shape index (κ3) is 4.35. The molecule has 0 bridgehead atoms. The maximum Gasteiger partial charge on any atom is 0.393 e. The maximum absolute atomic E-state index is 13.2. The fourth-order valence-corrected chi connectivity index (χ4v) is 4.00. The van der Waals surface area contributed by atoms with Crippen LogP contribution in [0.3, 0.4) is 0 Å². The Morgan fingerprint density at radius 1 is 1.23 bits per heavy atom. The van der Waals surface area contributed by atoms with E-state index in [4.69, 9.17) is 4.74 Å². The van der Waals surface area contributed by atoms with Gasteiger partial charge in [0.25, 0.3) is 0 Å². The van der Waals surface area contributed by atoms with Crippen LogP contribution in [0.25, 0.3) is 16.8 Å². The highest BCUT2D eigenvalue weighted by atomic mass is 19.4. The Balaban J connectivity index is 1.73. The molecule has 1 aliphatic rings. The average Bonchev–Trinajstić information content (AvgIpc) is 3.18. The summed E-state index contributed by atoms with van der Waals surface area (Å²) in [6.07, 6.45) is -1.44. The van der Waals surface area contributed by atoms with Gasteiger partial charge in [0.15, 0.2) is 0 Å². The Morgan fingerprint density at radius 2 is 2.07 bits per heavy atom. The van der Waals surface area contributed by atoms with Crippen LogP contribution in [0.4, 0.5) is 19.1 Å². The fourth-order valence-electron chi connectivity index (χ4n) is 4.00. The maximum atomic E-state index is 13.2. The fraction of sp³-hybridized carbons (Fsp3) is 0.429. The summed E-state index contributed by atoms with van der Waals surface area (Å²) in [5.41, 5.74) is 1.61. The number of rotatable bonds is 5. The van der Waals surface area contributed by atoms with Crippen molar-refractivity contribution in [2.75, 3.05) is 32.6 Å². The van der Waals surface area contributed by atoms with Crippen molar-refractivity contribution in [2.45, 2.75) is 31.5 Å². The predicted molar refractivity (Wildman–Crippen MR) is 109 cm³/mol. The van der Waals surface area contributed by atoms with Gasteiger partial charge in [-0.1, -0.05) is 0 Å². The number of piperidine rings is 1. The van der Waals surface area contributed by atoms with Crippen molar-refractivity contribution in [2.24, 2.45) is 0 Å². The minimum Gasteiger partial charge on any atom is -0.497 e. The molecule has 1 fully saturated rings. The first-order valence-corrected chi connectivity index (χ1v) is 9.87. The molecule has 3 heterocycles. The van der Waals surface area contributed by atoms with E-state index in [9.17, 15) is 13.2 Å². The first-order chi connectivity index (χ1) is 14.3. The number of methoxy groups -OCH3 is 1. The molecule has 1 N–H and O–H groups in total. The van der Waals surface area contributed by atoms with Gasteiger partial charge in [-0.3, -0.25) is 4.40 Å². The molecular weight excluding hydrogens is 395 g/mol. The highest BCUT2D eigenvalue weighted by Crippen LogP contribution is 2.34. The molecule has 4 rings (SSSR count). The number of nitrogens with one attached hydrogen (secondary N) is 1. The third-order valence-electron chi connectivity index (χ3n) is 5.38. The number of ether oxygens (including phenoxy) is 1. The topological polar surface area (TPSA) is 54.7 Å². The molecular formula is C21H24F3N5O. The molecule has 6 nitrogen and oxygen atoms in total. The zero-order chi connectivity index (χ0) is 21.3. The number of halogens is 3. The molecule has 0 radical (unpaired) electrons. The largest absolute Gasteiger partial charge is 0.497 e. The summed E-state index contributed by atoms with van der Waals surface area (Å²) >= 11 is 0. The summed E-state index contributed by atoms with van der Waals surface area (Å²) < 4.78 is 46.5. The second-order valence-electron chi connectivity index (χ2n) is 7.70. The van der Waals surface area contributed by atoms with Crippen molar-refractivity contribution >= 4 is 11.5 Å². The number of nitrogens with zero attached hydrogens (tertiary/aromatic N) is 4. The zero-order valence-electron chi connectivity index (χ0n) is 16.9. The Kier molecular flexibility index (Phi) is 5.55. The number of anilines is 1. The number of fused-ring (bicyclic) bond motifs is 1. The SMILES string of the molecule is COc1ccc(-c2nnc(NC3CCCN(C)C3)n3cccc23)c(CC(F)(F)F)c1. The van der Waals surface area contributed by atoms with E-state index in [1.54, 1.807) is 12.1 Å². The molecule has 30 heavy (non-hydrogen) atoms. The molecule has 1 aliphatic heterocycles. The van der Waals surface area contributed by atoms with E-state index in [0.717, 1.165) is 25.9 Å². The number of likely N-dealkylation sites (tertiary alicyclic amines) is 1. The smallest absolute Gasteiger partial charge is 0.393 e. The van der Waals surface area contributed by atoms with Gasteiger partial charge in [-0.2, -0.15) is 13.2 Å². The van der Waals surface area contributed by atoms with Gasteiger partial charge in [0, 0.05) is 24.3 Å². The zero-order valence-corrected chi connectivity index (χ0v) is 16.9. The van der Waals surface area contributed by atoms with Crippen molar-refractivity contribution in [3.8, 4) is 17.0 Å².